The molecule has 2 heterocycles. The Morgan fingerprint density at radius 2 is 2.22 bits per heavy atom. The van der Waals surface area contributed by atoms with Crippen molar-refractivity contribution in [3.63, 3.8) is 0 Å². The molecule has 2 rings (SSSR count). The maximum atomic E-state index is 6.03. The molecule has 0 aromatic carbocycles. The van der Waals surface area contributed by atoms with Crippen LogP contribution < -0.4 is 5.73 Å². The number of hydrogen-bond donors (Lipinski definition) is 1. The topological polar surface area (TPSA) is 32.5 Å². The summed E-state index contributed by atoms with van der Waals surface area (Å²) in [6, 6.07) is 3.25. The van der Waals surface area contributed by atoms with Gasteiger partial charge in [0.05, 0.1) is 6.04 Å². The SMILES string of the molecule is Cc1ccsc1C(CN)N1CC(C)C(N(C)C)C1. The molecule has 18 heavy (non-hydrogen) atoms. The summed E-state index contributed by atoms with van der Waals surface area (Å²) in [5, 5.41) is 2.18. The molecule has 1 aromatic rings. The normalized spacial score (nSPS) is 27.0. The van der Waals surface area contributed by atoms with Crippen LogP contribution >= 0.6 is 11.3 Å². The molecule has 1 aliphatic rings. The van der Waals surface area contributed by atoms with Gasteiger partial charge in [0.2, 0.25) is 0 Å². The van der Waals surface area contributed by atoms with Crippen LogP contribution in [0.2, 0.25) is 0 Å². The largest absolute Gasteiger partial charge is 0.329 e. The molecule has 1 aromatic heterocycles. The molecule has 0 aliphatic carbocycles. The number of rotatable bonds is 4. The van der Waals surface area contributed by atoms with Gasteiger partial charge in [-0.3, -0.25) is 4.90 Å². The molecule has 0 radical (unpaired) electrons. The Balaban J connectivity index is 2.14. The fourth-order valence-corrected chi connectivity index (χ4v) is 4.14. The van der Waals surface area contributed by atoms with Crippen LogP contribution in [0, 0.1) is 12.8 Å². The summed E-state index contributed by atoms with van der Waals surface area (Å²) in [7, 11) is 4.36. The van der Waals surface area contributed by atoms with Gasteiger partial charge in [0.25, 0.3) is 0 Å². The minimum absolute atomic E-state index is 0.400. The molecule has 1 aliphatic heterocycles. The third-order valence-corrected chi connectivity index (χ3v) is 5.25. The third kappa shape index (κ3) is 2.62. The average Bonchev–Trinajstić information content (AvgIpc) is 2.88. The van der Waals surface area contributed by atoms with E-state index in [0.717, 1.165) is 13.1 Å². The molecule has 102 valence electrons. The van der Waals surface area contributed by atoms with E-state index in [1.165, 1.54) is 10.4 Å². The summed E-state index contributed by atoms with van der Waals surface area (Å²) < 4.78 is 0. The van der Waals surface area contributed by atoms with Gasteiger partial charge in [-0.2, -0.15) is 0 Å². The van der Waals surface area contributed by atoms with Crippen LogP contribution in [0.1, 0.15) is 23.4 Å². The third-order valence-electron chi connectivity index (χ3n) is 4.13. The van der Waals surface area contributed by atoms with Gasteiger partial charge in [0.1, 0.15) is 0 Å². The predicted molar refractivity (Wildman–Crippen MR) is 79.1 cm³/mol. The zero-order valence-corrected chi connectivity index (χ0v) is 12.7. The van der Waals surface area contributed by atoms with Crippen LogP contribution in [0.15, 0.2) is 11.4 Å². The van der Waals surface area contributed by atoms with Crippen molar-refractivity contribution in [2.24, 2.45) is 11.7 Å². The molecule has 0 spiro atoms. The van der Waals surface area contributed by atoms with Crippen molar-refractivity contribution < 1.29 is 0 Å². The van der Waals surface area contributed by atoms with E-state index < -0.39 is 0 Å². The van der Waals surface area contributed by atoms with Crippen LogP contribution in [0.25, 0.3) is 0 Å². The number of likely N-dealkylation sites (tertiary alicyclic amines) is 1. The number of thiophene rings is 1. The fourth-order valence-electron chi connectivity index (χ4n) is 3.06. The van der Waals surface area contributed by atoms with Crippen molar-refractivity contribution in [1.29, 1.82) is 0 Å². The second-order valence-electron chi connectivity index (χ2n) is 5.68. The molecular formula is C14H25N3S. The highest BCUT2D eigenvalue weighted by molar-refractivity contribution is 7.10. The first kappa shape index (κ1) is 14.0. The summed E-state index contributed by atoms with van der Waals surface area (Å²) >= 11 is 1.84. The number of hydrogen-bond acceptors (Lipinski definition) is 4. The van der Waals surface area contributed by atoms with Gasteiger partial charge in [0.15, 0.2) is 0 Å². The van der Waals surface area contributed by atoms with Crippen LogP contribution in [0.3, 0.4) is 0 Å². The summed E-state index contributed by atoms with van der Waals surface area (Å²) in [5.74, 6) is 0.717. The van der Waals surface area contributed by atoms with E-state index in [0.29, 0.717) is 24.5 Å². The molecule has 4 heteroatoms. The quantitative estimate of drug-likeness (QED) is 0.905. The Labute approximate surface area is 115 Å². The number of nitrogens with zero attached hydrogens (tertiary/aromatic N) is 2. The zero-order valence-electron chi connectivity index (χ0n) is 11.9. The molecule has 0 bridgehead atoms. The van der Waals surface area contributed by atoms with Gasteiger partial charge in [-0.15, -0.1) is 11.3 Å². The highest BCUT2D eigenvalue weighted by Crippen LogP contribution is 2.32. The van der Waals surface area contributed by atoms with Gasteiger partial charge in [-0.1, -0.05) is 6.92 Å². The van der Waals surface area contributed by atoms with E-state index in [1.54, 1.807) is 0 Å². The minimum Gasteiger partial charge on any atom is -0.329 e. The maximum absolute atomic E-state index is 6.03. The standard InChI is InChI=1S/C14H25N3S/c1-10-5-6-18-14(10)12(7-15)17-8-11(2)13(9-17)16(3)4/h5-6,11-13H,7-9,15H2,1-4H3. The van der Waals surface area contributed by atoms with Crippen molar-refractivity contribution in [2.75, 3.05) is 33.7 Å². The van der Waals surface area contributed by atoms with Crippen molar-refractivity contribution in [1.82, 2.24) is 9.80 Å². The maximum Gasteiger partial charge on any atom is 0.0567 e. The molecule has 0 saturated carbocycles. The number of nitrogens with two attached hydrogens (primary N) is 1. The van der Waals surface area contributed by atoms with Crippen LogP contribution in [0.4, 0.5) is 0 Å². The van der Waals surface area contributed by atoms with Crippen molar-refractivity contribution >= 4 is 11.3 Å². The first-order chi connectivity index (χ1) is 8.54. The van der Waals surface area contributed by atoms with E-state index in [9.17, 15) is 0 Å². The molecule has 2 N–H and O–H groups in total. The smallest absolute Gasteiger partial charge is 0.0567 e. The van der Waals surface area contributed by atoms with E-state index in [1.807, 2.05) is 11.3 Å². The zero-order chi connectivity index (χ0) is 13.3. The Hall–Kier alpha value is -0.420. The lowest BCUT2D eigenvalue weighted by atomic mass is 10.1. The Morgan fingerprint density at radius 3 is 2.67 bits per heavy atom. The number of aryl methyl sites for hydroxylation is 1. The Morgan fingerprint density at radius 1 is 1.50 bits per heavy atom. The van der Waals surface area contributed by atoms with Crippen molar-refractivity contribution in [3.8, 4) is 0 Å². The monoisotopic (exact) mass is 267 g/mol. The molecule has 3 nitrogen and oxygen atoms in total. The lowest BCUT2D eigenvalue weighted by Crippen LogP contribution is -2.36. The molecule has 1 fully saturated rings. The van der Waals surface area contributed by atoms with Gasteiger partial charge in [-0.25, -0.2) is 0 Å². The Kier molecular flexibility index (Phi) is 4.43. The average molecular weight is 267 g/mol. The fraction of sp³-hybridized carbons (Fsp3) is 0.714. The molecule has 3 atom stereocenters. The van der Waals surface area contributed by atoms with Crippen molar-refractivity contribution in [2.45, 2.75) is 25.9 Å². The van der Waals surface area contributed by atoms with Gasteiger partial charge < -0.3 is 10.6 Å². The first-order valence-corrected chi connectivity index (χ1v) is 7.57. The highest BCUT2D eigenvalue weighted by Gasteiger charge is 2.35. The van der Waals surface area contributed by atoms with E-state index in [-0.39, 0.29) is 0 Å². The van der Waals surface area contributed by atoms with Gasteiger partial charge >= 0.3 is 0 Å². The molecular weight excluding hydrogens is 242 g/mol. The molecule has 1 saturated heterocycles. The van der Waals surface area contributed by atoms with E-state index >= 15 is 0 Å². The lowest BCUT2D eigenvalue weighted by Gasteiger charge is -2.27. The second-order valence-corrected chi connectivity index (χ2v) is 6.63. The van der Waals surface area contributed by atoms with E-state index in [4.69, 9.17) is 5.73 Å². The predicted octanol–water partition coefficient (Wildman–Crippen LogP) is 1.94. The summed E-state index contributed by atoms with van der Waals surface area (Å²) in [6.45, 7) is 7.54. The van der Waals surface area contributed by atoms with Crippen LogP contribution in [-0.2, 0) is 0 Å². The number of likely N-dealkylation sites (N-methyl/N-ethyl adjacent to an activating group) is 1. The van der Waals surface area contributed by atoms with Crippen molar-refractivity contribution in [3.05, 3.63) is 21.9 Å². The van der Waals surface area contributed by atoms with Crippen LogP contribution in [-0.4, -0.2) is 49.6 Å². The Bertz CT molecular complexity index is 388. The molecule has 3 unspecified atom stereocenters. The van der Waals surface area contributed by atoms with E-state index in [2.05, 4.69) is 49.2 Å². The summed E-state index contributed by atoms with van der Waals surface area (Å²) in [6.07, 6.45) is 0. The highest BCUT2D eigenvalue weighted by atomic mass is 32.1. The summed E-state index contributed by atoms with van der Waals surface area (Å²) in [5.41, 5.74) is 7.42. The second kappa shape index (κ2) is 5.70. The minimum atomic E-state index is 0.400. The lowest BCUT2D eigenvalue weighted by molar-refractivity contribution is 0.221. The van der Waals surface area contributed by atoms with Gasteiger partial charge in [-0.05, 0) is 43.9 Å². The van der Waals surface area contributed by atoms with Crippen LogP contribution in [0.5, 0.6) is 0 Å². The van der Waals surface area contributed by atoms with Gasteiger partial charge in [0, 0.05) is 30.6 Å². The summed E-state index contributed by atoms with van der Waals surface area (Å²) in [4.78, 5) is 6.36. The first-order valence-electron chi connectivity index (χ1n) is 6.69. The molecule has 0 amide bonds.